The largest absolute Gasteiger partial charge is 0.465 e. The van der Waals surface area contributed by atoms with Crippen molar-refractivity contribution in [1.82, 2.24) is 4.98 Å². The number of hydrogen-bond acceptors (Lipinski definition) is 5. The maximum atomic E-state index is 11.3. The first-order valence-electron chi connectivity index (χ1n) is 5.07. The lowest BCUT2D eigenvalue weighted by molar-refractivity contribution is 0.0606. The van der Waals surface area contributed by atoms with E-state index >= 15 is 0 Å². The highest BCUT2D eigenvalue weighted by Crippen LogP contribution is 2.33. The smallest absolute Gasteiger partial charge is 0.349 e. The molecule has 0 amide bonds. The van der Waals surface area contributed by atoms with Crippen molar-refractivity contribution in [3.05, 3.63) is 11.1 Å². The van der Waals surface area contributed by atoms with Crippen molar-refractivity contribution in [1.29, 1.82) is 0 Å². The molecule has 0 aromatic carbocycles. The van der Waals surface area contributed by atoms with Crippen LogP contribution in [-0.4, -0.2) is 30.6 Å². The van der Waals surface area contributed by atoms with Crippen LogP contribution in [0.1, 0.15) is 29.4 Å². The van der Waals surface area contributed by atoms with Gasteiger partial charge in [-0.1, -0.05) is 11.3 Å². The van der Waals surface area contributed by atoms with Gasteiger partial charge in [-0.15, -0.1) is 0 Å². The average molecular weight is 226 g/mol. The molecule has 15 heavy (non-hydrogen) atoms. The van der Waals surface area contributed by atoms with Gasteiger partial charge in [0.25, 0.3) is 0 Å². The molecule has 1 aliphatic carbocycles. The molecule has 0 unspecified atom stereocenters. The number of nitrogens with zero attached hydrogens (tertiary/aromatic N) is 2. The van der Waals surface area contributed by atoms with Crippen LogP contribution in [0.15, 0.2) is 6.20 Å². The summed E-state index contributed by atoms with van der Waals surface area (Å²) in [6, 6.07) is 0.631. The Kier molecular flexibility index (Phi) is 2.90. The van der Waals surface area contributed by atoms with Crippen LogP contribution < -0.4 is 4.90 Å². The van der Waals surface area contributed by atoms with Gasteiger partial charge in [0, 0.05) is 12.6 Å². The van der Waals surface area contributed by atoms with Crippen molar-refractivity contribution >= 4 is 22.4 Å². The molecule has 1 saturated carbocycles. The van der Waals surface area contributed by atoms with Gasteiger partial charge in [0.15, 0.2) is 5.13 Å². The summed E-state index contributed by atoms with van der Waals surface area (Å²) in [5.41, 5.74) is 0. The van der Waals surface area contributed by atoms with E-state index < -0.39 is 0 Å². The van der Waals surface area contributed by atoms with Gasteiger partial charge in [-0.25, -0.2) is 9.78 Å². The third-order valence-corrected chi connectivity index (χ3v) is 3.47. The number of rotatable bonds is 4. The quantitative estimate of drug-likeness (QED) is 0.736. The first kappa shape index (κ1) is 10.4. The number of thiazole rings is 1. The summed E-state index contributed by atoms with van der Waals surface area (Å²) in [7, 11) is 1.39. The molecule has 0 atom stereocenters. The van der Waals surface area contributed by atoms with Crippen LogP contribution in [0.3, 0.4) is 0 Å². The van der Waals surface area contributed by atoms with Crippen molar-refractivity contribution < 1.29 is 9.53 Å². The van der Waals surface area contributed by atoms with E-state index in [2.05, 4.69) is 21.5 Å². The van der Waals surface area contributed by atoms with Gasteiger partial charge >= 0.3 is 5.97 Å². The van der Waals surface area contributed by atoms with E-state index in [1.807, 2.05) is 0 Å². The van der Waals surface area contributed by atoms with E-state index in [0.29, 0.717) is 10.9 Å². The molecule has 2 rings (SSSR count). The molecule has 0 N–H and O–H groups in total. The number of aromatic nitrogens is 1. The molecule has 1 aromatic rings. The summed E-state index contributed by atoms with van der Waals surface area (Å²) < 4.78 is 4.65. The van der Waals surface area contributed by atoms with Crippen LogP contribution in [0.25, 0.3) is 0 Å². The van der Waals surface area contributed by atoms with Gasteiger partial charge in [0.1, 0.15) is 4.88 Å². The lowest BCUT2D eigenvalue weighted by Crippen LogP contribution is -2.24. The van der Waals surface area contributed by atoms with Gasteiger partial charge in [0.05, 0.1) is 13.3 Å². The first-order valence-corrected chi connectivity index (χ1v) is 5.88. The summed E-state index contributed by atoms with van der Waals surface area (Å²) in [6.07, 6.45) is 4.07. The maximum absolute atomic E-state index is 11.3. The van der Waals surface area contributed by atoms with Gasteiger partial charge in [-0.3, -0.25) is 0 Å². The first-order chi connectivity index (χ1) is 7.26. The van der Waals surface area contributed by atoms with Crippen molar-refractivity contribution in [2.75, 3.05) is 18.6 Å². The third kappa shape index (κ3) is 2.12. The summed E-state index contributed by atoms with van der Waals surface area (Å²) in [5.74, 6) is -0.300. The predicted molar refractivity (Wildman–Crippen MR) is 59.5 cm³/mol. The summed E-state index contributed by atoms with van der Waals surface area (Å²) in [4.78, 5) is 18.3. The van der Waals surface area contributed by atoms with Crippen LogP contribution in [-0.2, 0) is 4.74 Å². The molecule has 82 valence electrons. The Morgan fingerprint density at radius 2 is 2.47 bits per heavy atom. The molecule has 4 nitrogen and oxygen atoms in total. The summed E-state index contributed by atoms with van der Waals surface area (Å²) >= 11 is 1.41. The Labute approximate surface area is 92.9 Å². The lowest BCUT2D eigenvalue weighted by Gasteiger charge is -2.18. The van der Waals surface area contributed by atoms with Crippen molar-refractivity contribution in [3.8, 4) is 0 Å². The summed E-state index contributed by atoms with van der Waals surface area (Å²) in [6.45, 7) is 3.05. The minimum absolute atomic E-state index is 0.300. The second-order valence-corrected chi connectivity index (χ2v) is 4.52. The Balaban J connectivity index is 2.14. The highest BCUT2D eigenvalue weighted by Gasteiger charge is 2.30. The second-order valence-electron chi connectivity index (χ2n) is 3.52. The molecule has 1 aliphatic rings. The standard InChI is InChI=1S/C10H14N2O2S/c1-3-12(7-4-5-7)10-11-6-8(15-10)9(13)14-2/h6-7H,3-5H2,1-2H3. The van der Waals surface area contributed by atoms with Crippen molar-refractivity contribution in [2.45, 2.75) is 25.8 Å². The molecule has 0 saturated heterocycles. The number of esters is 1. The van der Waals surface area contributed by atoms with Crippen molar-refractivity contribution in [2.24, 2.45) is 0 Å². The highest BCUT2D eigenvalue weighted by atomic mass is 32.1. The molecule has 0 aliphatic heterocycles. The number of carbonyl (C=O) groups is 1. The van der Waals surface area contributed by atoms with Crippen LogP contribution in [0.4, 0.5) is 5.13 Å². The number of hydrogen-bond donors (Lipinski definition) is 0. The van der Waals surface area contributed by atoms with E-state index in [4.69, 9.17) is 0 Å². The monoisotopic (exact) mass is 226 g/mol. The molecule has 0 bridgehead atoms. The average Bonchev–Trinajstić information content (AvgIpc) is 2.96. The van der Waals surface area contributed by atoms with Crippen LogP contribution >= 0.6 is 11.3 Å². The van der Waals surface area contributed by atoms with Crippen LogP contribution in [0, 0.1) is 0 Å². The fraction of sp³-hybridized carbons (Fsp3) is 0.600. The topological polar surface area (TPSA) is 42.4 Å². The van der Waals surface area contributed by atoms with Gasteiger partial charge in [-0.05, 0) is 19.8 Å². The third-order valence-electron chi connectivity index (χ3n) is 2.45. The number of anilines is 1. The fourth-order valence-electron chi connectivity index (χ4n) is 1.53. The van der Waals surface area contributed by atoms with E-state index in [1.54, 1.807) is 6.20 Å². The van der Waals surface area contributed by atoms with Gasteiger partial charge < -0.3 is 9.64 Å². The molecule has 5 heteroatoms. The zero-order valence-electron chi connectivity index (χ0n) is 8.90. The molecule has 0 radical (unpaired) electrons. The zero-order chi connectivity index (χ0) is 10.8. The highest BCUT2D eigenvalue weighted by molar-refractivity contribution is 7.17. The van der Waals surface area contributed by atoms with Crippen molar-refractivity contribution in [3.63, 3.8) is 0 Å². The Morgan fingerprint density at radius 3 is 3.00 bits per heavy atom. The Bertz CT molecular complexity index is 360. The van der Waals surface area contributed by atoms with E-state index in [0.717, 1.165) is 11.7 Å². The minimum atomic E-state index is -0.300. The summed E-state index contributed by atoms with van der Waals surface area (Å²) in [5, 5.41) is 0.931. The number of ether oxygens (including phenoxy) is 1. The molecule has 1 fully saturated rings. The van der Waals surface area contributed by atoms with E-state index in [1.165, 1.54) is 31.3 Å². The Morgan fingerprint density at radius 1 is 1.73 bits per heavy atom. The predicted octanol–water partition coefficient (Wildman–Crippen LogP) is 1.92. The van der Waals surface area contributed by atoms with Crippen LogP contribution in [0.5, 0.6) is 0 Å². The van der Waals surface area contributed by atoms with Gasteiger partial charge in [-0.2, -0.15) is 0 Å². The van der Waals surface area contributed by atoms with E-state index in [-0.39, 0.29) is 5.97 Å². The fourth-order valence-corrected chi connectivity index (χ4v) is 2.50. The maximum Gasteiger partial charge on any atom is 0.349 e. The molecule has 0 spiro atoms. The SMILES string of the molecule is CCN(c1ncc(C(=O)OC)s1)C1CC1. The molecular formula is C10H14N2O2S. The second kappa shape index (κ2) is 4.18. The normalized spacial score (nSPS) is 15.1. The Hall–Kier alpha value is -1.10. The zero-order valence-corrected chi connectivity index (χ0v) is 9.71. The van der Waals surface area contributed by atoms with E-state index in [9.17, 15) is 4.79 Å². The number of methoxy groups -OCH3 is 1. The minimum Gasteiger partial charge on any atom is -0.465 e. The lowest BCUT2D eigenvalue weighted by atomic mass is 10.5. The van der Waals surface area contributed by atoms with Gasteiger partial charge in [0.2, 0.25) is 0 Å². The molecule has 1 heterocycles. The van der Waals surface area contributed by atoms with Crippen LogP contribution in [0.2, 0.25) is 0 Å². The molecular weight excluding hydrogens is 212 g/mol. The molecule has 1 aromatic heterocycles. The number of carbonyl (C=O) groups excluding carboxylic acids is 1.